The number of cyclic esters (lactones) is 1. The zero-order valence-electron chi connectivity index (χ0n) is 14.4. The third-order valence-electron chi connectivity index (χ3n) is 4.94. The van der Waals surface area contributed by atoms with Crippen molar-refractivity contribution in [1.82, 2.24) is 0 Å². The van der Waals surface area contributed by atoms with Gasteiger partial charge in [0.15, 0.2) is 0 Å². The van der Waals surface area contributed by atoms with Gasteiger partial charge in [-0.1, -0.05) is 54.6 Å². The second-order valence-corrected chi connectivity index (χ2v) is 7.08. The van der Waals surface area contributed by atoms with Crippen LogP contribution in [0.25, 0.3) is 33.2 Å². The van der Waals surface area contributed by atoms with Crippen molar-refractivity contribution in [3.05, 3.63) is 78.1 Å². The average Bonchev–Trinajstić information content (AvgIpc) is 3.09. The summed E-state index contributed by atoms with van der Waals surface area (Å²) in [5, 5.41) is 2.22. The van der Waals surface area contributed by atoms with E-state index < -0.39 is 0 Å². The van der Waals surface area contributed by atoms with Crippen molar-refractivity contribution in [2.75, 3.05) is 6.61 Å². The van der Waals surface area contributed by atoms with Gasteiger partial charge in [-0.05, 0) is 28.5 Å². The van der Waals surface area contributed by atoms with Crippen molar-refractivity contribution >= 4 is 29.4 Å². The van der Waals surface area contributed by atoms with E-state index in [2.05, 4.69) is 30.8 Å². The van der Waals surface area contributed by atoms with Crippen molar-refractivity contribution < 1.29 is 13.9 Å². The Morgan fingerprint density at radius 1 is 0.852 bits per heavy atom. The third kappa shape index (κ3) is 2.64. The molecule has 0 amide bonds. The standard InChI is InChI=1S/C23H16O3S/c24-23-21-19(12-13-25-23)26-22(20(21)15-8-10-16(27)11-9-15)18-7-3-5-14-4-1-2-6-17(14)18/h1-11,27H,12-13H2. The van der Waals surface area contributed by atoms with Crippen LogP contribution < -0.4 is 0 Å². The third-order valence-corrected chi connectivity index (χ3v) is 5.24. The summed E-state index contributed by atoms with van der Waals surface area (Å²) in [6, 6.07) is 22.1. The quantitative estimate of drug-likeness (QED) is 0.359. The van der Waals surface area contributed by atoms with Crippen LogP contribution in [-0.4, -0.2) is 12.6 Å². The molecule has 2 heterocycles. The lowest BCUT2D eigenvalue weighted by atomic mass is 9.94. The summed E-state index contributed by atoms with van der Waals surface area (Å²) in [4.78, 5) is 13.4. The van der Waals surface area contributed by atoms with Gasteiger partial charge in [0.25, 0.3) is 0 Å². The molecule has 1 aliphatic heterocycles. The number of thiol groups is 1. The van der Waals surface area contributed by atoms with Crippen molar-refractivity contribution in [3.8, 4) is 22.5 Å². The van der Waals surface area contributed by atoms with Crippen LogP contribution >= 0.6 is 12.6 Å². The van der Waals surface area contributed by atoms with E-state index in [-0.39, 0.29) is 5.97 Å². The predicted molar refractivity (Wildman–Crippen MR) is 108 cm³/mol. The molecule has 0 N–H and O–H groups in total. The van der Waals surface area contributed by atoms with Crippen molar-refractivity contribution in [2.45, 2.75) is 11.3 Å². The molecule has 0 unspecified atom stereocenters. The Labute approximate surface area is 162 Å². The Morgan fingerprint density at radius 2 is 1.63 bits per heavy atom. The number of ether oxygens (including phenoxy) is 1. The van der Waals surface area contributed by atoms with Crippen LogP contribution in [0.4, 0.5) is 0 Å². The Hall–Kier alpha value is -2.98. The van der Waals surface area contributed by atoms with Gasteiger partial charge < -0.3 is 9.15 Å². The lowest BCUT2D eigenvalue weighted by molar-refractivity contribution is 0.0470. The van der Waals surface area contributed by atoms with E-state index in [1.807, 2.05) is 48.5 Å². The monoisotopic (exact) mass is 372 g/mol. The van der Waals surface area contributed by atoms with Crippen LogP contribution in [0.1, 0.15) is 16.1 Å². The Bertz CT molecular complexity index is 1170. The number of rotatable bonds is 2. The maximum Gasteiger partial charge on any atom is 0.342 e. The van der Waals surface area contributed by atoms with Gasteiger partial charge in [-0.2, -0.15) is 0 Å². The molecule has 1 aliphatic rings. The second kappa shape index (κ2) is 6.32. The van der Waals surface area contributed by atoms with Crippen LogP contribution in [-0.2, 0) is 11.2 Å². The van der Waals surface area contributed by atoms with Gasteiger partial charge in [-0.25, -0.2) is 4.79 Å². The zero-order valence-corrected chi connectivity index (χ0v) is 15.3. The van der Waals surface area contributed by atoms with Gasteiger partial charge in [0.2, 0.25) is 0 Å². The van der Waals surface area contributed by atoms with Crippen LogP contribution in [0, 0.1) is 0 Å². The number of benzene rings is 3. The fraction of sp³-hybridized carbons (Fsp3) is 0.0870. The first-order valence-electron chi connectivity index (χ1n) is 8.83. The fourth-order valence-electron chi connectivity index (χ4n) is 3.70. The summed E-state index contributed by atoms with van der Waals surface area (Å²) in [6.07, 6.45) is 0.587. The smallest absolute Gasteiger partial charge is 0.342 e. The summed E-state index contributed by atoms with van der Waals surface area (Å²) < 4.78 is 11.6. The Kier molecular flexibility index (Phi) is 3.80. The molecule has 0 aliphatic carbocycles. The second-order valence-electron chi connectivity index (χ2n) is 6.56. The van der Waals surface area contributed by atoms with E-state index in [1.54, 1.807) is 0 Å². The highest BCUT2D eigenvalue weighted by molar-refractivity contribution is 7.80. The summed E-state index contributed by atoms with van der Waals surface area (Å²) in [7, 11) is 0. The predicted octanol–water partition coefficient (Wildman–Crippen LogP) is 5.77. The number of hydrogen-bond acceptors (Lipinski definition) is 4. The maximum absolute atomic E-state index is 12.6. The van der Waals surface area contributed by atoms with Gasteiger partial charge in [0.05, 0.1) is 6.61 Å². The SMILES string of the molecule is O=C1OCCc2oc(-c3cccc4ccccc34)c(-c3ccc(S)cc3)c21. The van der Waals surface area contributed by atoms with Crippen LogP contribution in [0.2, 0.25) is 0 Å². The topological polar surface area (TPSA) is 39.4 Å². The minimum atomic E-state index is -0.323. The number of carbonyl (C=O) groups is 1. The van der Waals surface area contributed by atoms with Crippen molar-refractivity contribution in [3.63, 3.8) is 0 Å². The van der Waals surface area contributed by atoms with Crippen molar-refractivity contribution in [2.24, 2.45) is 0 Å². The van der Waals surface area contributed by atoms with Gasteiger partial charge in [-0.15, -0.1) is 12.6 Å². The minimum Gasteiger partial charge on any atom is -0.462 e. The van der Waals surface area contributed by atoms with E-state index in [0.717, 1.165) is 32.4 Å². The molecule has 27 heavy (non-hydrogen) atoms. The van der Waals surface area contributed by atoms with E-state index in [9.17, 15) is 4.79 Å². The molecular formula is C23H16O3S. The van der Waals surface area contributed by atoms with Gasteiger partial charge >= 0.3 is 5.97 Å². The van der Waals surface area contributed by atoms with Gasteiger partial charge in [0, 0.05) is 22.4 Å². The summed E-state index contributed by atoms with van der Waals surface area (Å²) in [5.74, 6) is 1.08. The summed E-state index contributed by atoms with van der Waals surface area (Å²) >= 11 is 4.37. The highest BCUT2D eigenvalue weighted by Gasteiger charge is 2.31. The summed E-state index contributed by atoms with van der Waals surface area (Å²) in [6.45, 7) is 0.351. The molecule has 5 rings (SSSR count). The van der Waals surface area contributed by atoms with E-state index in [0.29, 0.717) is 30.1 Å². The Balaban J connectivity index is 1.85. The van der Waals surface area contributed by atoms with E-state index >= 15 is 0 Å². The molecule has 1 aromatic heterocycles. The lowest BCUT2D eigenvalue weighted by Gasteiger charge is -2.12. The molecule has 0 radical (unpaired) electrons. The number of fused-ring (bicyclic) bond motifs is 2. The molecule has 0 bridgehead atoms. The summed E-state index contributed by atoms with van der Waals surface area (Å²) in [5.41, 5.74) is 3.22. The Morgan fingerprint density at radius 3 is 2.48 bits per heavy atom. The number of hydrogen-bond donors (Lipinski definition) is 1. The van der Waals surface area contributed by atoms with Gasteiger partial charge in [-0.3, -0.25) is 0 Å². The maximum atomic E-state index is 12.6. The van der Waals surface area contributed by atoms with Crippen molar-refractivity contribution in [1.29, 1.82) is 0 Å². The number of esters is 1. The highest BCUT2D eigenvalue weighted by Crippen LogP contribution is 2.43. The molecule has 3 nitrogen and oxygen atoms in total. The molecule has 4 aromatic rings. The molecule has 0 saturated heterocycles. The minimum absolute atomic E-state index is 0.323. The average molecular weight is 372 g/mol. The molecule has 132 valence electrons. The largest absolute Gasteiger partial charge is 0.462 e. The van der Waals surface area contributed by atoms with Crippen LogP contribution in [0.15, 0.2) is 76.0 Å². The first kappa shape index (κ1) is 16.2. The molecule has 4 heteroatoms. The number of carbonyl (C=O) groups excluding carboxylic acids is 1. The van der Waals surface area contributed by atoms with E-state index in [1.165, 1.54) is 0 Å². The molecule has 3 aromatic carbocycles. The first-order chi connectivity index (χ1) is 13.2. The van der Waals surface area contributed by atoms with Gasteiger partial charge in [0.1, 0.15) is 17.1 Å². The molecule has 0 spiro atoms. The van der Waals surface area contributed by atoms with Crippen LogP contribution in [0.3, 0.4) is 0 Å². The first-order valence-corrected chi connectivity index (χ1v) is 9.27. The van der Waals surface area contributed by atoms with Crippen LogP contribution in [0.5, 0.6) is 0 Å². The number of furan rings is 1. The molecular weight excluding hydrogens is 356 g/mol. The molecule has 0 atom stereocenters. The zero-order chi connectivity index (χ0) is 18.4. The van der Waals surface area contributed by atoms with E-state index in [4.69, 9.17) is 9.15 Å². The normalized spacial score (nSPS) is 13.4. The molecule has 0 fully saturated rings. The fourth-order valence-corrected chi connectivity index (χ4v) is 3.84. The lowest BCUT2D eigenvalue weighted by Crippen LogP contribution is -2.16. The highest BCUT2D eigenvalue weighted by atomic mass is 32.1. The molecule has 0 saturated carbocycles.